The van der Waals surface area contributed by atoms with Crippen LogP contribution in [-0.4, -0.2) is 11.7 Å². The van der Waals surface area contributed by atoms with E-state index in [1.165, 1.54) is 17.0 Å². The minimum absolute atomic E-state index is 0.188. The number of rotatable bonds is 5. The molecular formula is C14H16FNOS. The van der Waals surface area contributed by atoms with Crippen LogP contribution in [0.3, 0.4) is 0 Å². The summed E-state index contributed by atoms with van der Waals surface area (Å²) in [4.78, 5) is 1.22. The molecule has 2 aromatic rings. The van der Waals surface area contributed by atoms with Crippen molar-refractivity contribution in [3.05, 3.63) is 58.0 Å². The summed E-state index contributed by atoms with van der Waals surface area (Å²) in [6, 6.07) is 10.3. The Morgan fingerprint density at radius 1 is 1.33 bits per heavy atom. The van der Waals surface area contributed by atoms with Gasteiger partial charge in [0, 0.05) is 17.5 Å². The molecule has 0 aliphatic heterocycles. The standard InChI is InChI=1S/C14H16FNOS/c1-10(14-6-3-7-18-14)16-9-13(17)11-4-2-5-12(15)8-11/h2-8,10,13,16-17H,9H2,1H3/t10-,13?/m0/s1. The summed E-state index contributed by atoms with van der Waals surface area (Å²) in [5, 5.41) is 15.2. The van der Waals surface area contributed by atoms with E-state index in [9.17, 15) is 9.50 Å². The molecule has 2 N–H and O–H groups in total. The van der Waals surface area contributed by atoms with Gasteiger partial charge in [-0.05, 0) is 36.1 Å². The van der Waals surface area contributed by atoms with E-state index in [4.69, 9.17) is 0 Å². The summed E-state index contributed by atoms with van der Waals surface area (Å²) in [6.07, 6.45) is -0.692. The van der Waals surface area contributed by atoms with Gasteiger partial charge >= 0.3 is 0 Å². The van der Waals surface area contributed by atoms with Crippen molar-refractivity contribution >= 4 is 11.3 Å². The van der Waals surface area contributed by atoms with Crippen LogP contribution in [0.25, 0.3) is 0 Å². The predicted octanol–water partition coefficient (Wildman–Crippen LogP) is 3.27. The van der Waals surface area contributed by atoms with Crippen molar-refractivity contribution in [3.8, 4) is 0 Å². The molecule has 1 unspecified atom stereocenters. The SMILES string of the molecule is C[C@H](NCC(O)c1cccc(F)c1)c1cccs1. The Morgan fingerprint density at radius 2 is 2.17 bits per heavy atom. The van der Waals surface area contributed by atoms with Crippen LogP contribution in [0.1, 0.15) is 29.5 Å². The van der Waals surface area contributed by atoms with Crippen molar-refractivity contribution in [1.82, 2.24) is 5.32 Å². The molecule has 96 valence electrons. The Balaban J connectivity index is 1.90. The summed E-state index contributed by atoms with van der Waals surface area (Å²) in [7, 11) is 0. The molecule has 0 spiro atoms. The highest BCUT2D eigenvalue weighted by atomic mass is 32.1. The topological polar surface area (TPSA) is 32.3 Å². The van der Waals surface area contributed by atoms with Crippen molar-refractivity contribution in [2.75, 3.05) is 6.54 Å². The normalized spacial score (nSPS) is 14.4. The van der Waals surface area contributed by atoms with E-state index in [0.29, 0.717) is 12.1 Å². The number of thiophene rings is 1. The highest BCUT2D eigenvalue weighted by molar-refractivity contribution is 7.10. The number of aliphatic hydroxyl groups is 1. The first-order valence-corrected chi connectivity index (χ1v) is 6.75. The van der Waals surface area contributed by atoms with E-state index in [0.717, 1.165) is 0 Å². The summed E-state index contributed by atoms with van der Waals surface area (Å²) in [5.74, 6) is -0.321. The first kappa shape index (κ1) is 13.2. The van der Waals surface area contributed by atoms with Gasteiger partial charge in [0.25, 0.3) is 0 Å². The van der Waals surface area contributed by atoms with Crippen LogP contribution in [0.5, 0.6) is 0 Å². The first-order valence-electron chi connectivity index (χ1n) is 5.87. The lowest BCUT2D eigenvalue weighted by molar-refractivity contribution is 0.170. The number of halogens is 1. The fraction of sp³-hybridized carbons (Fsp3) is 0.286. The number of benzene rings is 1. The largest absolute Gasteiger partial charge is 0.387 e. The third kappa shape index (κ3) is 3.38. The number of hydrogen-bond acceptors (Lipinski definition) is 3. The minimum Gasteiger partial charge on any atom is -0.387 e. The summed E-state index contributed by atoms with van der Waals surface area (Å²) < 4.78 is 13.0. The molecule has 0 saturated carbocycles. The second-order valence-corrected chi connectivity index (χ2v) is 5.20. The van der Waals surface area contributed by atoms with E-state index in [2.05, 4.69) is 11.4 Å². The zero-order chi connectivity index (χ0) is 13.0. The van der Waals surface area contributed by atoms with E-state index < -0.39 is 6.10 Å². The predicted molar refractivity (Wildman–Crippen MR) is 72.1 cm³/mol. The zero-order valence-electron chi connectivity index (χ0n) is 10.1. The number of hydrogen-bond donors (Lipinski definition) is 2. The van der Waals surface area contributed by atoms with Crippen LogP contribution >= 0.6 is 11.3 Å². The first-order chi connectivity index (χ1) is 8.66. The molecule has 0 amide bonds. The second-order valence-electron chi connectivity index (χ2n) is 4.22. The Bertz CT molecular complexity index is 486. The molecule has 4 heteroatoms. The Hall–Kier alpha value is -1.23. The lowest BCUT2D eigenvalue weighted by Crippen LogP contribution is -2.24. The van der Waals surface area contributed by atoms with Crippen molar-refractivity contribution in [2.45, 2.75) is 19.1 Å². The molecule has 0 bridgehead atoms. The van der Waals surface area contributed by atoms with Gasteiger partial charge in [-0.25, -0.2) is 4.39 Å². The fourth-order valence-electron chi connectivity index (χ4n) is 1.76. The minimum atomic E-state index is -0.692. The zero-order valence-corrected chi connectivity index (χ0v) is 11.0. The van der Waals surface area contributed by atoms with Crippen LogP contribution < -0.4 is 5.32 Å². The van der Waals surface area contributed by atoms with E-state index in [-0.39, 0.29) is 11.9 Å². The van der Waals surface area contributed by atoms with Gasteiger partial charge in [-0.1, -0.05) is 18.2 Å². The molecular weight excluding hydrogens is 249 g/mol. The van der Waals surface area contributed by atoms with E-state index >= 15 is 0 Å². The molecule has 18 heavy (non-hydrogen) atoms. The molecule has 0 saturated heterocycles. The number of nitrogens with one attached hydrogen (secondary N) is 1. The highest BCUT2D eigenvalue weighted by Gasteiger charge is 2.11. The second kappa shape index (κ2) is 6.09. The maximum absolute atomic E-state index is 13.0. The Morgan fingerprint density at radius 3 is 2.83 bits per heavy atom. The Labute approximate surface area is 110 Å². The smallest absolute Gasteiger partial charge is 0.123 e. The maximum Gasteiger partial charge on any atom is 0.123 e. The van der Waals surface area contributed by atoms with Crippen molar-refractivity contribution in [1.29, 1.82) is 0 Å². The third-order valence-electron chi connectivity index (χ3n) is 2.82. The molecule has 0 aliphatic carbocycles. The average molecular weight is 265 g/mol. The molecule has 0 fully saturated rings. The monoisotopic (exact) mass is 265 g/mol. The summed E-state index contributed by atoms with van der Waals surface area (Å²) in [6.45, 7) is 2.45. The lowest BCUT2D eigenvalue weighted by Gasteiger charge is -2.16. The van der Waals surface area contributed by atoms with E-state index in [1.54, 1.807) is 23.5 Å². The molecule has 1 aromatic carbocycles. The van der Waals surface area contributed by atoms with Gasteiger partial charge in [0.15, 0.2) is 0 Å². The molecule has 1 aromatic heterocycles. The molecule has 0 aliphatic rings. The van der Waals surface area contributed by atoms with E-state index in [1.807, 2.05) is 18.4 Å². The summed E-state index contributed by atoms with van der Waals surface area (Å²) >= 11 is 1.68. The van der Waals surface area contributed by atoms with Crippen LogP contribution in [0.4, 0.5) is 4.39 Å². The fourth-order valence-corrected chi connectivity index (χ4v) is 2.52. The average Bonchev–Trinajstić information content (AvgIpc) is 2.89. The van der Waals surface area contributed by atoms with Crippen molar-refractivity contribution in [2.24, 2.45) is 0 Å². The van der Waals surface area contributed by atoms with Crippen LogP contribution in [-0.2, 0) is 0 Å². The van der Waals surface area contributed by atoms with Gasteiger partial charge in [0.2, 0.25) is 0 Å². The van der Waals surface area contributed by atoms with Crippen molar-refractivity contribution in [3.63, 3.8) is 0 Å². The highest BCUT2D eigenvalue weighted by Crippen LogP contribution is 2.19. The lowest BCUT2D eigenvalue weighted by atomic mass is 10.1. The third-order valence-corrected chi connectivity index (χ3v) is 3.88. The van der Waals surface area contributed by atoms with Crippen molar-refractivity contribution < 1.29 is 9.50 Å². The van der Waals surface area contributed by atoms with Gasteiger partial charge in [0.1, 0.15) is 5.82 Å². The summed E-state index contributed by atoms with van der Waals surface area (Å²) in [5.41, 5.74) is 0.598. The molecule has 2 nitrogen and oxygen atoms in total. The van der Waals surface area contributed by atoms with Crippen LogP contribution in [0.2, 0.25) is 0 Å². The van der Waals surface area contributed by atoms with Crippen LogP contribution in [0.15, 0.2) is 41.8 Å². The van der Waals surface area contributed by atoms with Gasteiger partial charge in [0.05, 0.1) is 6.10 Å². The van der Waals surface area contributed by atoms with Gasteiger partial charge in [-0.3, -0.25) is 0 Å². The maximum atomic E-state index is 13.0. The molecule has 0 radical (unpaired) electrons. The number of aliphatic hydroxyl groups excluding tert-OH is 1. The van der Waals surface area contributed by atoms with Gasteiger partial charge in [-0.15, -0.1) is 11.3 Å². The Kier molecular flexibility index (Phi) is 4.47. The quantitative estimate of drug-likeness (QED) is 0.869. The molecule has 1 heterocycles. The van der Waals surface area contributed by atoms with Gasteiger partial charge in [-0.2, -0.15) is 0 Å². The molecule has 2 atom stereocenters. The van der Waals surface area contributed by atoms with Crippen LogP contribution in [0, 0.1) is 5.82 Å². The molecule has 2 rings (SSSR count). The van der Waals surface area contributed by atoms with Gasteiger partial charge < -0.3 is 10.4 Å².